The zero-order chi connectivity index (χ0) is 14.9. The zero-order valence-electron chi connectivity index (χ0n) is 10.4. The number of benzene rings is 2. The van der Waals surface area contributed by atoms with Crippen molar-refractivity contribution in [2.75, 3.05) is 7.11 Å². The first kappa shape index (κ1) is 14.6. The molecule has 0 heterocycles. The first-order valence-electron chi connectivity index (χ1n) is 5.47. The molecule has 0 aliphatic heterocycles. The molecule has 0 spiro atoms. The average molecular weight is 315 g/mol. The highest BCUT2D eigenvalue weighted by molar-refractivity contribution is 7.86. The van der Waals surface area contributed by atoms with Gasteiger partial charge in [0.05, 0.1) is 12.1 Å². The monoisotopic (exact) mass is 314 g/mol. The van der Waals surface area contributed by atoms with Gasteiger partial charge in [-0.15, -0.1) is 0 Å². The molecule has 0 atom stereocenters. The zero-order valence-corrected chi connectivity index (χ0v) is 11.9. The Bertz CT molecular complexity index is 755. The lowest BCUT2D eigenvalue weighted by Gasteiger charge is -2.10. The molecule has 0 unspecified atom stereocenters. The summed E-state index contributed by atoms with van der Waals surface area (Å²) in [6.45, 7) is 0. The fourth-order valence-corrected chi connectivity index (χ4v) is 2.90. The molecule has 0 bridgehead atoms. The summed E-state index contributed by atoms with van der Waals surface area (Å²) in [7, 11) is -2.98. The maximum Gasteiger partial charge on any atom is 0.296 e. The standard InChI is InChI=1S/C13H11ClO5S/c1-19-10-6-8(5-9(15)7-10)11-3-2-4-12(13(11)14)20(16,17)18/h2-7,15H,1H3,(H,16,17,18). The van der Waals surface area contributed by atoms with Gasteiger partial charge in [-0.2, -0.15) is 8.42 Å². The third kappa shape index (κ3) is 2.87. The van der Waals surface area contributed by atoms with E-state index in [9.17, 15) is 13.5 Å². The number of aromatic hydroxyl groups is 1. The van der Waals surface area contributed by atoms with E-state index in [1.54, 1.807) is 12.1 Å². The molecular formula is C13H11ClO5S. The number of ether oxygens (including phenoxy) is 1. The van der Waals surface area contributed by atoms with Crippen molar-refractivity contribution in [2.24, 2.45) is 0 Å². The Morgan fingerprint density at radius 3 is 2.50 bits per heavy atom. The Hall–Kier alpha value is -1.76. The molecule has 0 aliphatic rings. The van der Waals surface area contributed by atoms with Crippen LogP contribution in [0.1, 0.15) is 0 Å². The third-order valence-corrected chi connectivity index (χ3v) is 4.09. The largest absolute Gasteiger partial charge is 0.508 e. The SMILES string of the molecule is COc1cc(O)cc(-c2cccc(S(=O)(=O)O)c2Cl)c1. The quantitative estimate of drug-likeness (QED) is 0.851. The molecule has 0 aromatic heterocycles. The Morgan fingerprint density at radius 1 is 1.20 bits per heavy atom. The second-order valence-electron chi connectivity index (χ2n) is 4.01. The summed E-state index contributed by atoms with van der Waals surface area (Å²) in [6.07, 6.45) is 0. The number of hydrogen-bond acceptors (Lipinski definition) is 4. The van der Waals surface area contributed by atoms with Gasteiger partial charge in [0, 0.05) is 11.6 Å². The highest BCUT2D eigenvalue weighted by atomic mass is 35.5. The number of halogens is 1. The normalized spacial score (nSPS) is 11.3. The first-order valence-corrected chi connectivity index (χ1v) is 7.29. The van der Waals surface area contributed by atoms with Crippen LogP contribution in [0.25, 0.3) is 11.1 Å². The maximum absolute atomic E-state index is 11.2. The van der Waals surface area contributed by atoms with E-state index in [0.29, 0.717) is 16.9 Å². The van der Waals surface area contributed by atoms with Crippen molar-refractivity contribution in [1.82, 2.24) is 0 Å². The van der Waals surface area contributed by atoms with E-state index >= 15 is 0 Å². The second-order valence-corrected chi connectivity index (χ2v) is 5.78. The smallest absolute Gasteiger partial charge is 0.296 e. The molecule has 2 aromatic carbocycles. The topological polar surface area (TPSA) is 83.8 Å². The fraction of sp³-hybridized carbons (Fsp3) is 0.0769. The summed E-state index contributed by atoms with van der Waals surface area (Å²) in [4.78, 5) is -0.390. The highest BCUT2D eigenvalue weighted by Crippen LogP contribution is 2.36. The van der Waals surface area contributed by atoms with Gasteiger partial charge in [-0.3, -0.25) is 4.55 Å². The van der Waals surface area contributed by atoms with E-state index in [2.05, 4.69) is 0 Å². The molecule has 0 saturated heterocycles. The van der Waals surface area contributed by atoms with Gasteiger partial charge in [-0.25, -0.2) is 0 Å². The van der Waals surface area contributed by atoms with Crippen LogP contribution in [0.5, 0.6) is 11.5 Å². The molecule has 2 aromatic rings. The Labute approximate surface area is 121 Å². The van der Waals surface area contributed by atoms with Gasteiger partial charge >= 0.3 is 0 Å². The summed E-state index contributed by atoms with van der Waals surface area (Å²) in [6, 6.07) is 8.63. The highest BCUT2D eigenvalue weighted by Gasteiger charge is 2.18. The van der Waals surface area contributed by atoms with Gasteiger partial charge in [0.25, 0.3) is 10.1 Å². The predicted octanol–water partition coefficient (Wildman–Crippen LogP) is 2.97. The van der Waals surface area contributed by atoms with Crippen molar-refractivity contribution in [3.63, 3.8) is 0 Å². The lowest BCUT2D eigenvalue weighted by Crippen LogP contribution is -1.99. The van der Waals surface area contributed by atoms with E-state index in [1.165, 1.54) is 31.4 Å². The van der Waals surface area contributed by atoms with Crippen LogP contribution in [-0.2, 0) is 10.1 Å². The summed E-state index contributed by atoms with van der Waals surface area (Å²) < 4.78 is 36.6. The van der Waals surface area contributed by atoms with E-state index in [-0.39, 0.29) is 15.7 Å². The van der Waals surface area contributed by atoms with Gasteiger partial charge < -0.3 is 9.84 Å². The summed E-state index contributed by atoms with van der Waals surface area (Å²) in [5.74, 6) is 0.348. The molecule has 0 amide bonds. The molecule has 2 rings (SSSR count). The third-order valence-electron chi connectivity index (χ3n) is 2.68. The number of phenolic OH excluding ortho intramolecular Hbond substituents is 1. The van der Waals surface area contributed by atoms with E-state index < -0.39 is 10.1 Å². The maximum atomic E-state index is 11.2. The summed E-state index contributed by atoms with van der Waals surface area (Å²) in [5, 5.41) is 9.49. The van der Waals surface area contributed by atoms with Gasteiger partial charge in [-0.1, -0.05) is 23.7 Å². The van der Waals surface area contributed by atoms with Crippen LogP contribution in [0.2, 0.25) is 5.02 Å². The molecule has 0 saturated carbocycles. The number of hydrogen-bond donors (Lipinski definition) is 2. The van der Waals surface area contributed by atoms with Crippen LogP contribution >= 0.6 is 11.6 Å². The number of rotatable bonds is 3. The van der Waals surface area contributed by atoms with Gasteiger partial charge in [0.1, 0.15) is 16.4 Å². The first-order chi connectivity index (χ1) is 9.32. The lowest BCUT2D eigenvalue weighted by molar-refractivity contribution is 0.408. The van der Waals surface area contributed by atoms with Crippen LogP contribution in [0.4, 0.5) is 0 Å². The molecule has 0 fully saturated rings. The molecule has 7 heteroatoms. The molecule has 0 aliphatic carbocycles. The average Bonchev–Trinajstić information content (AvgIpc) is 2.36. The van der Waals surface area contributed by atoms with Crippen LogP contribution in [0, 0.1) is 0 Å². The second kappa shape index (κ2) is 5.32. The molecular weight excluding hydrogens is 304 g/mol. The van der Waals surface area contributed by atoms with Gasteiger partial charge in [-0.05, 0) is 23.8 Å². The summed E-state index contributed by atoms with van der Waals surface area (Å²) >= 11 is 6.01. The minimum atomic E-state index is -4.42. The van der Waals surface area contributed by atoms with Crippen molar-refractivity contribution >= 4 is 21.7 Å². The van der Waals surface area contributed by atoms with Crippen molar-refractivity contribution < 1.29 is 22.8 Å². The molecule has 2 N–H and O–H groups in total. The lowest BCUT2D eigenvalue weighted by atomic mass is 10.1. The summed E-state index contributed by atoms with van der Waals surface area (Å²) in [5.41, 5.74) is 0.827. The molecule has 5 nitrogen and oxygen atoms in total. The molecule has 20 heavy (non-hydrogen) atoms. The predicted molar refractivity (Wildman–Crippen MR) is 74.9 cm³/mol. The van der Waals surface area contributed by atoms with Crippen molar-refractivity contribution in [2.45, 2.75) is 4.90 Å². The Morgan fingerprint density at radius 2 is 1.90 bits per heavy atom. The van der Waals surface area contributed by atoms with E-state index in [4.69, 9.17) is 20.9 Å². The van der Waals surface area contributed by atoms with Gasteiger partial charge in [0.15, 0.2) is 0 Å². The Kier molecular flexibility index (Phi) is 3.89. The number of phenols is 1. The minimum absolute atomic E-state index is 0.0484. The fourth-order valence-electron chi connectivity index (χ4n) is 1.79. The van der Waals surface area contributed by atoms with Crippen LogP contribution < -0.4 is 4.74 Å². The van der Waals surface area contributed by atoms with Gasteiger partial charge in [0.2, 0.25) is 0 Å². The van der Waals surface area contributed by atoms with E-state index in [1.807, 2.05) is 0 Å². The van der Waals surface area contributed by atoms with Crippen molar-refractivity contribution in [3.8, 4) is 22.6 Å². The number of methoxy groups -OCH3 is 1. The van der Waals surface area contributed by atoms with Crippen LogP contribution in [0.3, 0.4) is 0 Å². The van der Waals surface area contributed by atoms with Crippen LogP contribution in [0.15, 0.2) is 41.3 Å². The van der Waals surface area contributed by atoms with Crippen molar-refractivity contribution in [3.05, 3.63) is 41.4 Å². The molecule has 0 radical (unpaired) electrons. The molecule has 106 valence electrons. The van der Waals surface area contributed by atoms with Crippen molar-refractivity contribution in [1.29, 1.82) is 0 Å². The van der Waals surface area contributed by atoms with E-state index in [0.717, 1.165) is 0 Å². The Balaban J connectivity index is 2.68. The minimum Gasteiger partial charge on any atom is -0.508 e. The van der Waals surface area contributed by atoms with Crippen LogP contribution in [-0.4, -0.2) is 25.2 Å².